The molecule has 0 spiro atoms. The van der Waals surface area contributed by atoms with Crippen molar-refractivity contribution in [2.75, 3.05) is 13.2 Å². The summed E-state index contributed by atoms with van der Waals surface area (Å²) in [6.07, 6.45) is 7.48. The molecule has 1 heterocycles. The fourth-order valence-corrected chi connectivity index (χ4v) is 4.67. The lowest BCUT2D eigenvalue weighted by atomic mass is 9.89. The Morgan fingerprint density at radius 1 is 0.974 bits per heavy atom. The molecule has 1 saturated carbocycles. The highest BCUT2D eigenvalue weighted by Crippen LogP contribution is 2.33. The predicted molar refractivity (Wildman–Crippen MR) is 150 cm³/mol. The van der Waals surface area contributed by atoms with Gasteiger partial charge in [0, 0.05) is 25.2 Å². The van der Waals surface area contributed by atoms with E-state index in [-0.39, 0.29) is 5.97 Å². The van der Waals surface area contributed by atoms with Crippen molar-refractivity contribution >= 4 is 5.97 Å². The maximum absolute atomic E-state index is 12.5. The van der Waals surface area contributed by atoms with Crippen molar-refractivity contribution in [3.8, 4) is 11.5 Å². The van der Waals surface area contributed by atoms with E-state index in [2.05, 4.69) is 6.92 Å². The Balaban J connectivity index is 0.00000195. The van der Waals surface area contributed by atoms with Crippen molar-refractivity contribution in [1.29, 1.82) is 0 Å². The molecule has 1 aliphatic carbocycles. The molecule has 4 rings (SSSR count). The SMILES string of the molecule is CC.CCOC(=O)C(Cc1ccc(OCCc2nc(C3CCCCC3)oc2CC)cc1)Oc1ccccc1. The first-order valence-electron chi connectivity index (χ1n) is 14.2. The van der Waals surface area contributed by atoms with Gasteiger partial charge in [0.1, 0.15) is 17.3 Å². The van der Waals surface area contributed by atoms with E-state index in [1.807, 2.05) is 68.4 Å². The molecule has 0 aliphatic heterocycles. The minimum atomic E-state index is -0.711. The number of hydrogen-bond donors (Lipinski definition) is 0. The summed E-state index contributed by atoms with van der Waals surface area (Å²) in [5, 5.41) is 0. The summed E-state index contributed by atoms with van der Waals surface area (Å²) >= 11 is 0. The molecular weight excluding hydrogens is 478 g/mol. The minimum absolute atomic E-state index is 0.313. The van der Waals surface area contributed by atoms with Gasteiger partial charge in [0.05, 0.1) is 18.9 Å². The van der Waals surface area contributed by atoms with E-state index in [0.29, 0.717) is 31.3 Å². The second kappa shape index (κ2) is 15.9. The molecule has 1 unspecified atom stereocenters. The van der Waals surface area contributed by atoms with Crippen LogP contribution in [0.15, 0.2) is 59.0 Å². The standard InChI is InChI=1S/C30H37NO5.C2H6/c1-3-27-26(31-29(36-27)23-11-7-5-8-12-23)19-20-34-24-17-15-22(16-18-24)21-28(30(32)33-4-2)35-25-13-9-6-10-14-25;1-2/h6,9-10,13-18,23,28H,3-5,7-8,11-12,19-21H2,1-2H3;1-2H3. The average molecular weight is 522 g/mol. The lowest BCUT2D eigenvalue weighted by Gasteiger charge is -2.18. The van der Waals surface area contributed by atoms with Gasteiger partial charge in [-0.2, -0.15) is 0 Å². The van der Waals surface area contributed by atoms with Gasteiger partial charge in [-0.15, -0.1) is 0 Å². The number of benzene rings is 2. The van der Waals surface area contributed by atoms with Gasteiger partial charge in [0.2, 0.25) is 0 Å². The lowest BCUT2D eigenvalue weighted by Crippen LogP contribution is -2.31. The van der Waals surface area contributed by atoms with Gasteiger partial charge in [0.25, 0.3) is 0 Å². The maximum Gasteiger partial charge on any atom is 0.347 e. The number of hydrogen-bond acceptors (Lipinski definition) is 6. The van der Waals surface area contributed by atoms with Gasteiger partial charge in [-0.05, 0) is 49.6 Å². The molecule has 1 aromatic heterocycles. The second-order valence-electron chi connectivity index (χ2n) is 9.23. The van der Waals surface area contributed by atoms with Crippen molar-refractivity contribution < 1.29 is 23.4 Å². The molecule has 3 aromatic rings. The third kappa shape index (κ3) is 8.64. The molecule has 2 aromatic carbocycles. The summed E-state index contributed by atoms with van der Waals surface area (Å²) in [6.45, 7) is 8.75. The molecular formula is C32H43NO5. The zero-order valence-corrected chi connectivity index (χ0v) is 23.4. The van der Waals surface area contributed by atoms with Gasteiger partial charge < -0.3 is 18.6 Å². The van der Waals surface area contributed by atoms with Crippen molar-refractivity contribution in [3.63, 3.8) is 0 Å². The summed E-state index contributed by atoms with van der Waals surface area (Å²) < 4.78 is 23.3. The van der Waals surface area contributed by atoms with E-state index in [1.165, 1.54) is 32.1 Å². The van der Waals surface area contributed by atoms with Crippen LogP contribution in [0.5, 0.6) is 11.5 Å². The minimum Gasteiger partial charge on any atom is -0.493 e. The van der Waals surface area contributed by atoms with Crippen molar-refractivity contribution in [2.45, 2.75) is 91.1 Å². The summed E-state index contributed by atoms with van der Waals surface area (Å²) in [7, 11) is 0. The first-order valence-corrected chi connectivity index (χ1v) is 14.2. The maximum atomic E-state index is 12.5. The fraction of sp³-hybridized carbons (Fsp3) is 0.500. The Kier molecular flexibility index (Phi) is 12.2. The van der Waals surface area contributed by atoms with Crippen LogP contribution >= 0.6 is 0 Å². The van der Waals surface area contributed by atoms with Crippen molar-refractivity contribution in [3.05, 3.63) is 77.5 Å². The van der Waals surface area contributed by atoms with E-state index < -0.39 is 6.10 Å². The number of esters is 1. The Bertz CT molecular complexity index is 1070. The number of para-hydroxylation sites is 1. The summed E-state index contributed by atoms with van der Waals surface area (Å²) in [5.74, 6) is 3.42. The van der Waals surface area contributed by atoms with Crippen LogP contribution in [0.25, 0.3) is 0 Å². The third-order valence-corrected chi connectivity index (χ3v) is 6.59. The molecule has 0 amide bonds. The zero-order chi connectivity index (χ0) is 27.2. The van der Waals surface area contributed by atoms with Gasteiger partial charge >= 0.3 is 5.97 Å². The molecule has 206 valence electrons. The molecule has 1 atom stereocenters. The lowest BCUT2D eigenvalue weighted by molar-refractivity contribution is -0.151. The van der Waals surface area contributed by atoms with Crippen LogP contribution < -0.4 is 9.47 Å². The molecule has 0 saturated heterocycles. The summed E-state index contributed by atoms with van der Waals surface area (Å²) in [5.41, 5.74) is 1.99. The molecule has 0 bridgehead atoms. The molecule has 0 radical (unpaired) electrons. The van der Waals surface area contributed by atoms with E-state index in [4.69, 9.17) is 23.6 Å². The van der Waals surface area contributed by atoms with E-state index in [9.17, 15) is 4.79 Å². The first kappa shape index (κ1) is 29.3. The van der Waals surface area contributed by atoms with Gasteiger partial charge in [0.15, 0.2) is 12.0 Å². The molecule has 1 fully saturated rings. The van der Waals surface area contributed by atoms with Crippen molar-refractivity contribution in [1.82, 2.24) is 4.98 Å². The summed E-state index contributed by atoms with van der Waals surface area (Å²) in [4.78, 5) is 17.3. The Hall–Kier alpha value is -3.28. The molecule has 1 aliphatic rings. The van der Waals surface area contributed by atoms with Gasteiger partial charge in [-0.1, -0.05) is 70.4 Å². The number of oxazole rings is 1. The fourth-order valence-electron chi connectivity index (χ4n) is 4.67. The highest BCUT2D eigenvalue weighted by molar-refractivity contribution is 5.75. The van der Waals surface area contributed by atoms with Crippen LogP contribution in [0.1, 0.15) is 88.6 Å². The van der Waals surface area contributed by atoms with E-state index in [1.54, 1.807) is 6.92 Å². The Labute approximate surface area is 227 Å². The normalized spacial score (nSPS) is 14.2. The predicted octanol–water partition coefficient (Wildman–Crippen LogP) is 7.49. The molecule has 6 nitrogen and oxygen atoms in total. The number of aromatic nitrogens is 1. The zero-order valence-electron chi connectivity index (χ0n) is 23.4. The first-order chi connectivity index (χ1) is 18.7. The summed E-state index contributed by atoms with van der Waals surface area (Å²) in [6, 6.07) is 17.1. The van der Waals surface area contributed by atoms with Gasteiger partial charge in [-0.3, -0.25) is 0 Å². The molecule has 38 heavy (non-hydrogen) atoms. The van der Waals surface area contributed by atoms with Crippen LogP contribution in [-0.4, -0.2) is 30.3 Å². The van der Waals surface area contributed by atoms with E-state index >= 15 is 0 Å². The number of carbonyl (C=O) groups is 1. The third-order valence-electron chi connectivity index (χ3n) is 6.59. The Morgan fingerprint density at radius 2 is 1.68 bits per heavy atom. The smallest absolute Gasteiger partial charge is 0.347 e. The van der Waals surface area contributed by atoms with E-state index in [0.717, 1.165) is 41.5 Å². The number of carbonyl (C=O) groups excluding carboxylic acids is 1. The highest BCUT2D eigenvalue weighted by Gasteiger charge is 2.24. The van der Waals surface area contributed by atoms with Crippen LogP contribution in [0.3, 0.4) is 0 Å². The number of nitrogens with zero attached hydrogens (tertiary/aromatic N) is 1. The highest BCUT2D eigenvalue weighted by atomic mass is 16.6. The van der Waals surface area contributed by atoms with Crippen LogP contribution in [0, 0.1) is 0 Å². The number of rotatable bonds is 12. The quantitative estimate of drug-likeness (QED) is 0.230. The average Bonchev–Trinajstić information content (AvgIpc) is 3.39. The van der Waals surface area contributed by atoms with Crippen LogP contribution in [0.4, 0.5) is 0 Å². The second-order valence-corrected chi connectivity index (χ2v) is 9.23. The largest absolute Gasteiger partial charge is 0.493 e. The molecule has 6 heteroatoms. The van der Waals surface area contributed by atoms with Gasteiger partial charge in [-0.25, -0.2) is 9.78 Å². The number of ether oxygens (including phenoxy) is 3. The molecule has 0 N–H and O–H groups in total. The Morgan fingerprint density at radius 3 is 2.34 bits per heavy atom. The van der Waals surface area contributed by atoms with Crippen molar-refractivity contribution in [2.24, 2.45) is 0 Å². The topological polar surface area (TPSA) is 70.8 Å². The number of aryl methyl sites for hydroxylation is 1. The monoisotopic (exact) mass is 521 g/mol. The van der Waals surface area contributed by atoms with Crippen LogP contribution in [0.2, 0.25) is 0 Å². The van der Waals surface area contributed by atoms with Crippen LogP contribution in [-0.2, 0) is 28.8 Å².